The van der Waals surface area contributed by atoms with Crippen molar-refractivity contribution in [3.63, 3.8) is 0 Å². The number of nitrogens with zero attached hydrogens (tertiary/aromatic N) is 1. The summed E-state index contributed by atoms with van der Waals surface area (Å²) in [4.78, 5) is 16.4. The summed E-state index contributed by atoms with van der Waals surface area (Å²) in [5.41, 5.74) is 0.489. The van der Waals surface area contributed by atoms with Gasteiger partial charge in [-0.1, -0.05) is 0 Å². The second-order valence-electron chi connectivity index (χ2n) is 4.83. The maximum Gasteiger partial charge on any atom is 0.255 e. The fourth-order valence-electron chi connectivity index (χ4n) is 2.19. The summed E-state index contributed by atoms with van der Waals surface area (Å²) >= 11 is 0. The van der Waals surface area contributed by atoms with Gasteiger partial charge in [0, 0.05) is 18.8 Å². The van der Waals surface area contributed by atoms with Gasteiger partial charge in [-0.15, -0.1) is 0 Å². The third-order valence-electron chi connectivity index (χ3n) is 3.29. The summed E-state index contributed by atoms with van der Waals surface area (Å²) in [6, 6.07) is 3.33. The molecule has 6 nitrogen and oxygen atoms in total. The van der Waals surface area contributed by atoms with Crippen molar-refractivity contribution in [2.45, 2.75) is 25.8 Å². The van der Waals surface area contributed by atoms with Crippen LogP contribution in [0.25, 0.3) is 0 Å². The molecule has 2 rings (SSSR count). The Bertz CT molecular complexity index is 572. The van der Waals surface area contributed by atoms with Gasteiger partial charge >= 0.3 is 0 Å². The fourth-order valence-corrected chi connectivity index (χ4v) is 3.69. The molecule has 2 heterocycles. The first kappa shape index (κ1) is 14.8. The molecule has 1 aliphatic heterocycles. The summed E-state index contributed by atoms with van der Waals surface area (Å²) < 4.78 is 22.7. The molecule has 1 amide bonds. The lowest BCUT2D eigenvalue weighted by Gasteiger charge is -2.23. The zero-order valence-corrected chi connectivity index (χ0v) is 12.2. The van der Waals surface area contributed by atoms with E-state index in [4.69, 9.17) is 0 Å². The molecule has 1 fully saturated rings. The van der Waals surface area contributed by atoms with E-state index < -0.39 is 9.84 Å². The lowest BCUT2D eigenvalue weighted by Crippen LogP contribution is -2.41. The largest absolute Gasteiger partial charge is 0.370 e. The summed E-state index contributed by atoms with van der Waals surface area (Å²) in [7, 11) is -2.91. The number of nitrogens with one attached hydrogen (secondary N) is 2. The van der Waals surface area contributed by atoms with Crippen LogP contribution in [0.3, 0.4) is 0 Å². The summed E-state index contributed by atoms with van der Waals surface area (Å²) in [5, 5.41) is 5.93. The van der Waals surface area contributed by atoms with Gasteiger partial charge in [0.1, 0.15) is 15.7 Å². The maximum atomic E-state index is 12.2. The summed E-state index contributed by atoms with van der Waals surface area (Å²) in [6.45, 7) is 2.61. The van der Waals surface area contributed by atoms with Crippen LogP contribution in [0.2, 0.25) is 0 Å². The van der Waals surface area contributed by atoms with Crippen molar-refractivity contribution in [1.29, 1.82) is 0 Å². The first-order chi connectivity index (χ1) is 9.52. The number of anilines is 1. The van der Waals surface area contributed by atoms with E-state index in [1.165, 1.54) is 0 Å². The van der Waals surface area contributed by atoms with Crippen LogP contribution >= 0.6 is 0 Å². The molecule has 0 unspecified atom stereocenters. The first-order valence-electron chi connectivity index (χ1n) is 6.72. The molecule has 0 atom stereocenters. The number of amides is 1. The minimum absolute atomic E-state index is 0.0827. The van der Waals surface area contributed by atoms with Crippen LogP contribution in [-0.2, 0) is 9.84 Å². The zero-order chi connectivity index (χ0) is 14.6. The predicted octanol–water partition coefficient (Wildman–Crippen LogP) is 0.820. The molecule has 0 saturated carbocycles. The maximum absolute atomic E-state index is 12.2. The van der Waals surface area contributed by atoms with Gasteiger partial charge in [-0.2, -0.15) is 0 Å². The van der Waals surface area contributed by atoms with Gasteiger partial charge in [-0.25, -0.2) is 13.4 Å². The van der Waals surface area contributed by atoms with Gasteiger partial charge in [0.2, 0.25) is 0 Å². The van der Waals surface area contributed by atoms with E-state index in [0.29, 0.717) is 30.8 Å². The number of carbonyl (C=O) groups is 1. The monoisotopic (exact) mass is 297 g/mol. The molecule has 0 aliphatic carbocycles. The third-order valence-corrected chi connectivity index (χ3v) is 5.00. The molecule has 7 heteroatoms. The van der Waals surface area contributed by atoms with Gasteiger partial charge in [0.25, 0.3) is 5.91 Å². The highest BCUT2D eigenvalue weighted by atomic mass is 32.2. The molecule has 1 aliphatic rings. The third kappa shape index (κ3) is 3.69. The molecule has 0 aromatic carbocycles. The van der Waals surface area contributed by atoms with Crippen molar-refractivity contribution < 1.29 is 13.2 Å². The van der Waals surface area contributed by atoms with Crippen LogP contribution in [-0.4, -0.2) is 43.4 Å². The quantitative estimate of drug-likeness (QED) is 0.859. The number of sulfone groups is 1. The van der Waals surface area contributed by atoms with E-state index in [1.807, 2.05) is 6.92 Å². The molecule has 0 radical (unpaired) electrons. The summed E-state index contributed by atoms with van der Waals surface area (Å²) in [6.07, 6.45) is 2.58. The molecule has 20 heavy (non-hydrogen) atoms. The van der Waals surface area contributed by atoms with Gasteiger partial charge in [-0.3, -0.25) is 4.79 Å². The smallest absolute Gasteiger partial charge is 0.255 e. The molecule has 0 spiro atoms. The summed E-state index contributed by atoms with van der Waals surface area (Å²) in [5.74, 6) is 0.630. The van der Waals surface area contributed by atoms with E-state index in [2.05, 4.69) is 15.6 Å². The van der Waals surface area contributed by atoms with E-state index in [0.717, 1.165) is 0 Å². The predicted molar refractivity (Wildman–Crippen MR) is 77.5 cm³/mol. The minimum atomic E-state index is -2.91. The number of hydrogen-bond donors (Lipinski definition) is 2. The van der Waals surface area contributed by atoms with Crippen molar-refractivity contribution in [1.82, 2.24) is 10.3 Å². The number of hydrogen-bond acceptors (Lipinski definition) is 5. The normalized spacial score (nSPS) is 18.4. The second kappa shape index (κ2) is 6.21. The van der Waals surface area contributed by atoms with Gasteiger partial charge in [-0.05, 0) is 31.9 Å². The number of carbonyl (C=O) groups excluding carboxylic acids is 1. The van der Waals surface area contributed by atoms with Crippen molar-refractivity contribution in [3.8, 4) is 0 Å². The Morgan fingerprint density at radius 3 is 2.75 bits per heavy atom. The molecule has 0 bridgehead atoms. The molecular weight excluding hydrogens is 278 g/mol. The number of aromatic nitrogens is 1. The van der Waals surface area contributed by atoms with Crippen molar-refractivity contribution in [3.05, 3.63) is 23.9 Å². The average Bonchev–Trinajstić information content (AvgIpc) is 2.42. The average molecular weight is 297 g/mol. The lowest BCUT2D eigenvalue weighted by atomic mass is 10.1. The molecule has 1 saturated heterocycles. The Balaban J connectivity index is 2.02. The highest BCUT2D eigenvalue weighted by Gasteiger charge is 2.25. The molecule has 110 valence electrons. The molecular formula is C13H19N3O3S. The molecule has 1 aromatic rings. The van der Waals surface area contributed by atoms with Crippen LogP contribution in [0.15, 0.2) is 18.3 Å². The number of pyridine rings is 1. The molecule has 1 aromatic heterocycles. The lowest BCUT2D eigenvalue weighted by molar-refractivity contribution is 0.0935. The van der Waals surface area contributed by atoms with Gasteiger partial charge < -0.3 is 10.6 Å². The van der Waals surface area contributed by atoms with Crippen LogP contribution < -0.4 is 10.6 Å². The van der Waals surface area contributed by atoms with E-state index in [1.54, 1.807) is 18.3 Å². The van der Waals surface area contributed by atoms with Crippen molar-refractivity contribution >= 4 is 21.6 Å². The number of rotatable bonds is 4. The van der Waals surface area contributed by atoms with E-state index in [-0.39, 0.29) is 23.5 Å². The van der Waals surface area contributed by atoms with Crippen LogP contribution in [0.4, 0.5) is 5.82 Å². The van der Waals surface area contributed by atoms with Crippen molar-refractivity contribution in [2.75, 3.05) is 23.4 Å². The van der Waals surface area contributed by atoms with Crippen LogP contribution in [0.5, 0.6) is 0 Å². The van der Waals surface area contributed by atoms with Gasteiger partial charge in [0.15, 0.2) is 0 Å². The van der Waals surface area contributed by atoms with E-state index in [9.17, 15) is 13.2 Å². The van der Waals surface area contributed by atoms with Gasteiger partial charge in [0.05, 0.1) is 17.1 Å². The Morgan fingerprint density at radius 1 is 1.40 bits per heavy atom. The fraction of sp³-hybridized carbons (Fsp3) is 0.538. The zero-order valence-electron chi connectivity index (χ0n) is 11.4. The highest BCUT2D eigenvalue weighted by Crippen LogP contribution is 2.15. The standard InChI is InChI=1S/C13H19N3O3S/c1-2-14-12-11(4-3-7-15-12)13(17)16-10-5-8-20(18,19)9-6-10/h3-4,7,10H,2,5-6,8-9H2,1H3,(H,14,15)(H,16,17). The SMILES string of the molecule is CCNc1ncccc1C(=O)NC1CCS(=O)(=O)CC1. The van der Waals surface area contributed by atoms with Crippen LogP contribution in [0, 0.1) is 0 Å². The Labute approximate surface area is 118 Å². The molecule has 2 N–H and O–H groups in total. The highest BCUT2D eigenvalue weighted by molar-refractivity contribution is 7.91. The Hall–Kier alpha value is -1.63. The van der Waals surface area contributed by atoms with Crippen molar-refractivity contribution in [2.24, 2.45) is 0 Å². The first-order valence-corrected chi connectivity index (χ1v) is 8.54. The Kier molecular flexibility index (Phi) is 4.59. The second-order valence-corrected chi connectivity index (χ2v) is 7.13. The minimum Gasteiger partial charge on any atom is -0.370 e. The van der Waals surface area contributed by atoms with Crippen LogP contribution in [0.1, 0.15) is 30.1 Å². The topological polar surface area (TPSA) is 88.2 Å². The van der Waals surface area contributed by atoms with E-state index >= 15 is 0 Å². The Morgan fingerprint density at radius 2 is 2.10 bits per heavy atom.